The average molecular weight is 648 g/mol. The number of aromatic nitrogens is 4. The standard InChI is InChI=1S/C45H28N4O/c1-3-12-29(13-4-1)30-22-24-31(25-23-30)43-46-44(32-26-27-36-35-17-8-10-21-40(35)50-41(36)28-32)48-45(47-43)38-19-11-18-37-34-16-7-9-20-39(34)49(42(37)38)33-14-5-2-6-15-33/h1-28H/i7D,9D,11D,16D,18D,19D,20D. The second-order valence-corrected chi connectivity index (χ2v) is 11.9. The monoisotopic (exact) mass is 647 g/mol. The van der Waals surface area contributed by atoms with Crippen molar-refractivity contribution in [2.75, 3.05) is 0 Å². The van der Waals surface area contributed by atoms with E-state index in [9.17, 15) is 1.37 Å². The molecule has 0 aliphatic rings. The summed E-state index contributed by atoms with van der Waals surface area (Å²) in [6.45, 7) is 0. The van der Waals surface area contributed by atoms with Gasteiger partial charge in [-0.1, -0.05) is 127 Å². The van der Waals surface area contributed by atoms with Gasteiger partial charge in [0.25, 0.3) is 0 Å². The molecule has 0 N–H and O–H groups in total. The quantitative estimate of drug-likeness (QED) is 0.186. The minimum atomic E-state index is -0.466. The van der Waals surface area contributed by atoms with Crippen LogP contribution in [0.1, 0.15) is 9.60 Å². The van der Waals surface area contributed by atoms with Gasteiger partial charge in [0.05, 0.1) is 20.6 Å². The van der Waals surface area contributed by atoms with Crippen molar-refractivity contribution in [3.8, 4) is 51.0 Å². The minimum absolute atomic E-state index is 0.0329. The Morgan fingerprint density at radius 2 is 1.08 bits per heavy atom. The molecule has 0 saturated carbocycles. The van der Waals surface area contributed by atoms with Crippen molar-refractivity contribution < 1.29 is 14.0 Å². The summed E-state index contributed by atoms with van der Waals surface area (Å²) in [4.78, 5) is 14.9. The van der Waals surface area contributed by atoms with E-state index in [1.54, 1.807) is 28.8 Å². The Morgan fingerprint density at radius 1 is 0.460 bits per heavy atom. The lowest BCUT2D eigenvalue weighted by Crippen LogP contribution is -2.02. The van der Waals surface area contributed by atoms with Gasteiger partial charge in [0.2, 0.25) is 0 Å². The summed E-state index contributed by atoms with van der Waals surface area (Å²) in [5.74, 6) is 0.593. The van der Waals surface area contributed by atoms with Gasteiger partial charge in [0, 0.05) is 43.9 Å². The molecule has 0 aliphatic heterocycles. The molecule has 7 aromatic carbocycles. The third-order valence-electron chi connectivity index (χ3n) is 8.97. The van der Waals surface area contributed by atoms with Crippen molar-refractivity contribution in [2.45, 2.75) is 0 Å². The van der Waals surface area contributed by atoms with Gasteiger partial charge in [-0.15, -0.1) is 0 Å². The van der Waals surface area contributed by atoms with E-state index in [0.29, 0.717) is 28.2 Å². The van der Waals surface area contributed by atoms with Crippen LogP contribution in [0.5, 0.6) is 0 Å². The maximum Gasteiger partial charge on any atom is 0.166 e. The summed E-state index contributed by atoms with van der Waals surface area (Å²) in [6.07, 6.45) is 0. The zero-order valence-electron chi connectivity index (χ0n) is 33.3. The lowest BCUT2D eigenvalue weighted by molar-refractivity contribution is 0.669. The fraction of sp³-hybridized carbons (Fsp3) is 0. The summed E-state index contributed by atoms with van der Waals surface area (Å²) in [5, 5.41) is 2.06. The van der Waals surface area contributed by atoms with Crippen LogP contribution < -0.4 is 0 Å². The molecular formula is C45H28N4O. The number of para-hydroxylation sites is 4. The first kappa shape index (κ1) is 21.9. The molecule has 0 aliphatic carbocycles. The highest BCUT2D eigenvalue weighted by Gasteiger charge is 2.20. The van der Waals surface area contributed by atoms with Crippen LogP contribution in [0.2, 0.25) is 0 Å². The molecular weight excluding hydrogens is 613 g/mol. The Balaban J connectivity index is 1.31. The Kier molecular flexibility index (Phi) is 4.99. The zero-order valence-corrected chi connectivity index (χ0v) is 26.3. The molecule has 3 aromatic heterocycles. The van der Waals surface area contributed by atoms with Gasteiger partial charge >= 0.3 is 0 Å². The van der Waals surface area contributed by atoms with Gasteiger partial charge in [0.15, 0.2) is 17.5 Å². The van der Waals surface area contributed by atoms with Gasteiger partial charge in [0.1, 0.15) is 11.2 Å². The Hall–Kier alpha value is -6.85. The van der Waals surface area contributed by atoms with Crippen molar-refractivity contribution in [3.05, 3.63) is 170 Å². The number of nitrogens with zero attached hydrogens (tertiary/aromatic N) is 4. The molecule has 0 saturated heterocycles. The molecule has 10 rings (SSSR count). The number of furan rings is 1. The highest BCUT2D eigenvalue weighted by Crippen LogP contribution is 2.38. The first-order valence-electron chi connectivity index (χ1n) is 19.6. The van der Waals surface area contributed by atoms with Crippen LogP contribution in [0.3, 0.4) is 0 Å². The third-order valence-corrected chi connectivity index (χ3v) is 8.97. The lowest BCUT2D eigenvalue weighted by atomic mass is 10.0. The Morgan fingerprint density at radius 3 is 1.92 bits per heavy atom. The van der Waals surface area contributed by atoms with E-state index in [1.807, 2.05) is 103 Å². The molecule has 3 heterocycles. The molecule has 234 valence electrons. The zero-order chi connectivity index (χ0) is 39.1. The van der Waals surface area contributed by atoms with Crippen molar-refractivity contribution in [1.29, 1.82) is 0 Å². The van der Waals surface area contributed by atoms with Gasteiger partial charge in [-0.25, -0.2) is 15.0 Å². The van der Waals surface area contributed by atoms with Crippen LogP contribution in [0.25, 0.3) is 94.7 Å². The largest absolute Gasteiger partial charge is 0.456 e. The molecule has 0 fully saturated rings. The second-order valence-electron chi connectivity index (χ2n) is 11.9. The average Bonchev–Trinajstić information content (AvgIpc) is 3.81. The van der Waals surface area contributed by atoms with E-state index in [1.165, 1.54) is 0 Å². The maximum atomic E-state index is 9.42. The van der Waals surface area contributed by atoms with Gasteiger partial charge < -0.3 is 8.98 Å². The molecule has 0 atom stereocenters. The summed E-state index contributed by atoms with van der Waals surface area (Å²) in [6, 6.07) is 37.6. The fourth-order valence-corrected chi connectivity index (χ4v) is 6.62. The number of rotatable bonds is 5. The van der Waals surface area contributed by atoms with Crippen LogP contribution in [0.15, 0.2) is 174 Å². The molecule has 0 bridgehead atoms. The molecule has 0 unspecified atom stereocenters. The highest BCUT2D eigenvalue weighted by atomic mass is 16.3. The molecule has 0 spiro atoms. The number of hydrogen-bond acceptors (Lipinski definition) is 4. The van der Waals surface area contributed by atoms with Crippen LogP contribution >= 0.6 is 0 Å². The normalized spacial score (nSPS) is 13.6. The van der Waals surface area contributed by atoms with Crippen molar-refractivity contribution in [3.63, 3.8) is 0 Å². The Labute approximate surface area is 297 Å². The fourth-order valence-electron chi connectivity index (χ4n) is 6.62. The van der Waals surface area contributed by atoms with E-state index in [4.69, 9.17) is 27.6 Å². The molecule has 5 nitrogen and oxygen atoms in total. The SMILES string of the molecule is [2H]c1c([2H])c([2H])c2c(c1[2H])c1c([2H])c([2H])c([2H])c(-c3nc(-c4ccc(-c5ccccc5)cc4)nc(-c4ccc5c(c4)oc4ccccc45)n3)c1n2-c1ccccc1. The molecule has 10 aromatic rings. The molecule has 5 heteroatoms. The first-order chi connectivity index (χ1) is 27.7. The predicted octanol–water partition coefficient (Wildman–Crippen LogP) is 11.5. The van der Waals surface area contributed by atoms with E-state index >= 15 is 0 Å². The first-order valence-corrected chi connectivity index (χ1v) is 16.1. The summed E-state index contributed by atoms with van der Waals surface area (Å²) in [5.41, 5.74) is 5.63. The summed E-state index contributed by atoms with van der Waals surface area (Å²) < 4.78 is 70.7. The Bertz CT molecular complexity index is 3260. The number of benzene rings is 7. The van der Waals surface area contributed by atoms with E-state index in [2.05, 4.69) is 0 Å². The highest BCUT2D eigenvalue weighted by molar-refractivity contribution is 6.13. The number of fused-ring (bicyclic) bond motifs is 6. The van der Waals surface area contributed by atoms with Gasteiger partial charge in [-0.3, -0.25) is 0 Å². The smallest absolute Gasteiger partial charge is 0.166 e. The van der Waals surface area contributed by atoms with Crippen LogP contribution in [0.4, 0.5) is 0 Å². The molecule has 50 heavy (non-hydrogen) atoms. The van der Waals surface area contributed by atoms with Crippen molar-refractivity contribution in [1.82, 2.24) is 19.5 Å². The molecule has 0 radical (unpaired) electrons. The van der Waals surface area contributed by atoms with E-state index in [0.717, 1.165) is 27.5 Å². The summed E-state index contributed by atoms with van der Waals surface area (Å²) >= 11 is 0. The number of hydrogen-bond donors (Lipinski definition) is 0. The topological polar surface area (TPSA) is 56.7 Å². The van der Waals surface area contributed by atoms with E-state index < -0.39 is 18.1 Å². The van der Waals surface area contributed by atoms with E-state index in [-0.39, 0.29) is 63.2 Å². The van der Waals surface area contributed by atoms with Crippen LogP contribution in [-0.2, 0) is 0 Å². The van der Waals surface area contributed by atoms with Gasteiger partial charge in [-0.05, 0) is 53.5 Å². The lowest BCUT2D eigenvalue weighted by Gasteiger charge is -2.13. The third kappa shape index (κ3) is 4.60. The minimum Gasteiger partial charge on any atom is -0.456 e. The maximum absolute atomic E-state index is 9.42. The van der Waals surface area contributed by atoms with Crippen LogP contribution in [0, 0.1) is 0 Å². The second kappa shape index (κ2) is 11.4. The molecule has 0 amide bonds. The van der Waals surface area contributed by atoms with Crippen molar-refractivity contribution in [2.24, 2.45) is 0 Å². The summed E-state index contributed by atoms with van der Waals surface area (Å²) in [7, 11) is 0. The predicted molar refractivity (Wildman–Crippen MR) is 203 cm³/mol. The van der Waals surface area contributed by atoms with Crippen LogP contribution in [-0.4, -0.2) is 19.5 Å². The van der Waals surface area contributed by atoms with Crippen molar-refractivity contribution >= 4 is 43.7 Å². The van der Waals surface area contributed by atoms with Gasteiger partial charge in [-0.2, -0.15) is 0 Å².